The Kier molecular flexibility index (Phi) is 4.56. The Morgan fingerprint density at radius 2 is 1.92 bits per heavy atom. The molecule has 130 valence electrons. The number of sulfone groups is 1. The minimum atomic E-state index is -3.76. The van der Waals surface area contributed by atoms with Crippen LogP contribution >= 0.6 is 11.3 Å². The maximum Gasteiger partial charge on any atom is 0.231 e. The van der Waals surface area contributed by atoms with E-state index in [1.807, 2.05) is 0 Å². The van der Waals surface area contributed by atoms with Gasteiger partial charge in [-0.1, -0.05) is 12.1 Å². The van der Waals surface area contributed by atoms with Crippen LogP contribution in [-0.4, -0.2) is 36.4 Å². The molecule has 1 N–H and O–H groups in total. The molecule has 0 saturated heterocycles. The summed E-state index contributed by atoms with van der Waals surface area (Å²) in [6.45, 7) is -0.193. The van der Waals surface area contributed by atoms with Gasteiger partial charge in [0.25, 0.3) is 0 Å². The van der Waals surface area contributed by atoms with E-state index in [1.165, 1.54) is 6.07 Å². The normalized spacial score (nSPS) is 15.4. The van der Waals surface area contributed by atoms with Gasteiger partial charge in [0, 0.05) is 6.54 Å². The van der Waals surface area contributed by atoms with Gasteiger partial charge in [0.05, 0.1) is 6.26 Å². The molecular weight excluding hydrogens is 374 g/mol. The van der Waals surface area contributed by atoms with E-state index in [0.29, 0.717) is 17.1 Å². The first-order valence-electron chi connectivity index (χ1n) is 6.89. The second-order valence-corrected chi connectivity index (χ2v) is 10.3. The zero-order valence-electron chi connectivity index (χ0n) is 12.6. The number of rotatable bonds is 6. The second kappa shape index (κ2) is 6.36. The van der Waals surface area contributed by atoms with Crippen LogP contribution in [0.25, 0.3) is 0 Å². The SMILES string of the molecule is CS(=O)(=O)NC[C@H](c1ccc2c(c1)OCO2)S(=O)(=O)c1cccs1. The Hall–Kier alpha value is -1.62. The third kappa shape index (κ3) is 3.56. The summed E-state index contributed by atoms with van der Waals surface area (Å²) in [6.07, 6.45) is 0.988. The summed E-state index contributed by atoms with van der Waals surface area (Å²) < 4.78 is 61.6. The van der Waals surface area contributed by atoms with Gasteiger partial charge >= 0.3 is 0 Å². The molecule has 1 aliphatic rings. The smallest absolute Gasteiger partial charge is 0.231 e. The minimum absolute atomic E-state index is 0.0721. The monoisotopic (exact) mass is 389 g/mol. The molecule has 0 saturated carbocycles. The fourth-order valence-corrected chi connectivity index (χ4v) is 5.74. The van der Waals surface area contributed by atoms with Crippen LogP contribution in [0.4, 0.5) is 0 Å². The number of benzene rings is 1. The van der Waals surface area contributed by atoms with E-state index in [-0.39, 0.29) is 17.5 Å². The van der Waals surface area contributed by atoms with Gasteiger partial charge in [-0.2, -0.15) is 0 Å². The predicted molar refractivity (Wildman–Crippen MR) is 89.7 cm³/mol. The van der Waals surface area contributed by atoms with Crippen molar-refractivity contribution < 1.29 is 26.3 Å². The average Bonchev–Trinajstić information content (AvgIpc) is 3.17. The molecule has 1 aliphatic heterocycles. The average molecular weight is 389 g/mol. The van der Waals surface area contributed by atoms with Crippen LogP contribution < -0.4 is 14.2 Å². The van der Waals surface area contributed by atoms with Crippen molar-refractivity contribution >= 4 is 31.2 Å². The molecule has 24 heavy (non-hydrogen) atoms. The first kappa shape index (κ1) is 17.2. The highest BCUT2D eigenvalue weighted by Gasteiger charge is 2.32. The number of nitrogens with one attached hydrogen (secondary N) is 1. The molecule has 0 unspecified atom stereocenters. The van der Waals surface area contributed by atoms with E-state index in [0.717, 1.165) is 17.6 Å². The van der Waals surface area contributed by atoms with Crippen molar-refractivity contribution in [1.29, 1.82) is 0 Å². The van der Waals surface area contributed by atoms with Crippen molar-refractivity contribution in [3.05, 3.63) is 41.3 Å². The second-order valence-electron chi connectivity index (χ2n) is 5.20. The number of hydrogen-bond donors (Lipinski definition) is 1. The molecule has 10 heteroatoms. The van der Waals surface area contributed by atoms with Crippen LogP contribution in [0.5, 0.6) is 11.5 Å². The zero-order chi connectivity index (χ0) is 17.4. The number of thiophene rings is 1. The summed E-state index contributed by atoms with van der Waals surface area (Å²) in [5, 5.41) is 0.591. The number of sulfonamides is 1. The maximum atomic E-state index is 12.9. The Morgan fingerprint density at radius 3 is 2.58 bits per heavy atom. The third-order valence-corrected chi connectivity index (χ3v) is 7.67. The molecule has 1 aromatic heterocycles. The summed E-state index contributed by atoms with van der Waals surface area (Å²) in [5.74, 6) is 0.973. The van der Waals surface area contributed by atoms with E-state index in [2.05, 4.69) is 4.72 Å². The van der Waals surface area contributed by atoms with E-state index in [9.17, 15) is 16.8 Å². The Morgan fingerprint density at radius 1 is 1.17 bits per heavy atom. The molecular formula is C14H15NO6S3. The summed E-state index contributed by atoms with van der Waals surface area (Å²) in [7, 11) is -7.29. The third-order valence-electron chi connectivity index (χ3n) is 3.45. The minimum Gasteiger partial charge on any atom is -0.454 e. The van der Waals surface area contributed by atoms with Crippen LogP contribution in [-0.2, 0) is 19.9 Å². The zero-order valence-corrected chi connectivity index (χ0v) is 15.1. The van der Waals surface area contributed by atoms with E-state index in [1.54, 1.807) is 29.6 Å². The van der Waals surface area contributed by atoms with Crippen LogP contribution in [0.3, 0.4) is 0 Å². The highest BCUT2D eigenvalue weighted by molar-refractivity contribution is 7.93. The van der Waals surface area contributed by atoms with Crippen molar-refractivity contribution in [2.75, 3.05) is 19.6 Å². The summed E-state index contributed by atoms with van der Waals surface area (Å²) in [6, 6.07) is 7.93. The van der Waals surface area contributed by atoms with Gasteiger partial charge < -0.3 is 9.47 Å². The van der Waals surface area contributed by atoms with Crippen molar-refractivity contribution in [3.8, 4) is 11.5 Å². The molecule has 0 radical (unpaired) electrons. The van der Waals surface area contributed by atoms with Gasteiger partial charge in [0.2, 0.25) is 16.8 Å². The largest absolute Gasteiger partial charge is 0.454 e. The summed E-state index contributed by atoms with van der Waals surface area (Å²) >= 11 is 1.09. The number of ether oxygens (including phenoxy) is 2. The van der Waals surface area contributed by atoms with Crippen LogP contribution in [0, 0.1) is 0 Å². The lowest BCUT2D eigenvalue weighted by Crippen LogP contribution is -2.31. The molecule has 7 nitrogen and oxygen atoms in total. The van der Waals surface area contributed by atoms with Gasteiger partial charge in [-0.15, -0.1) is 11.3 Å². The molecule has 3 rings (SSSR count). The number of hydrogen-bond acceptors (Lipinski definition) is 7. The summed E-state index contributed by atoms with van der Waals surface area (Å²) in [5.41, 5.74) is 0.434. The first-order valence-corrected chi connectivity index (χ1v) is 11.2. The first-order chi connectivity index (χ1) is 11.3. The lowest BCUT2D eigenvalue weighted by atomic mass is 10.1. The lowest BCUT2D eigenvalue weighted by molar-refractivity contribution is 0.174. The van der Waals surface area contributed by atoms with Gasteiger partial charge in [-0.3, -0.25) is 0 Å². The van der Waals surface area contributed by atoms with E-state index in [4.69, 9.17) is 9.47 Å². The van der Waals surface area contributed by atoms with E-state index < -0.39 is 25.1 Å². The molecule has 0 bridgehead atoms. The summed E-state index contributed by atoms with van der Waals surface area (Å²) in [4.78, 5) is 0. The quantitative estimate of drug-likeness (QED) is 0.805. The van der Waals surface area contributed by atoms with Gasteiger partial charge in [-0.25, -0.2) is 21.6 Å². The topological polar surface area (TPSA) is 98.8 Å². The molecule has 2 aromatic rings. The molecule has 1 aromatic carbocycles. The molecule has 2 heterocycles. The molecule has 0 spiro atoms. The van der Waals surface area contributed by atoms with Crippen molar-refractivity contribution in [2.24, 2.45) is 0 Å². The van der Waals surface area contributed by atoms with Crippen molar-refractivity contribution in [3.63, 3.8) is 0 Å². The van der Waals surface area contributed by atoms with Crippen molar-refractivity contribution in [1.82, 2.24) is 4.72 Å². The number of fused-ring (bicyclic) bond motifs is 1. The molecule has 0 amide bonds. The molecule has 0 aliphatic carbocycles. The van der Waals surface area contributed by atoms with Crippen LogP contribution in [0.1, 0.15) is 10.8 Å². The molecule has 1 atom stereocenters. The predicted octanol–water partition coefficient (Wildman–Crippen LogP) is 1.54. The van der Waals surface area contributed by atoms with Crippen LogP contribution in [0.15, 0.2) is 39.9 Å². The maximum absolute atomic E-state index is 12.9. The fourth-order valence-electron chi connectivity index (χ4n) is 2.31. The van der Waals surface area contributed by atoms with Gasteiger partial charge in [0.1, 0.15) is 9.46 Å². The fraction of sp³-hybridized carbons (Fsp3) is 0.286. The van der Waals surface area contributed by atoms with Crippen molar-refractivity contribution in [2.45, 2.75) is 9.46 Å². The van der Waals surface area contributed by atoms with Gasteiger partial charge in [-0.05, 0) is 29.1 Å². The van der Waals surface area contributed by atoms with E-state index >= 15 is 0 Å². The Balaban J connectivity index is 2.02. The highest BCUT2D eigenvalue weighted by Crippen LogP contribution is 2.38. The standard InChI is InChI=1S/C14H15NO6S3/c1-23(16,17)15-8-13(24(18,19)14-3-2-6-22-14)10-4-5-11-12(7-10)21-9-20-11/h2-7,13,15H,8-9H2,1H3/t13-/m1/s1. The van der Waals surface area contributed by atoms with Crippen LogP contribution in [0.2, 0.25) is 0 Å². The molecule has 0 fully saturated rings. The van der Waals surface area contributed by atoms with Gasteiger partial charge in [0.15, 0.2) is 21.3 Å². The lowest BCUT2D eigenvalue weighted by Gasteiger charge is -2.18. The Bertz CT molecular complexity index is 935. The Labute approximate surface area is 144 Å². The highest BCUT2D eigenvalue weighted by atomic mass is 32.2.